The second-order valence-corrected chi connectivity index (χ2v) is 4.31. The third-order valence-electron chi connectivity index (χ3n) is 3.42. The van der Waals surface area contributed by atoms with Crippen molar-refractivity contribution >= 4 is 5.69 Å². The minimum atomic E-state index is -0.00387. The summed E-state index contributed by atoms with van der Waals surface area (Å²) < 4.78 is 5.53. The standard InChI is InChI=1S/C13H20N2O/c1-2-15(12-6-4-3-5-7-12)13(10-14)8-9-16-11-13/h3-7H,2,8-11,14H2,1H3. The minimum absolute atomic E-state index is 0.00387. The summed E-state index contributed by atoms with van der Waals surface area (Å²) in [6.45, 7) is 5.34. The van der Waals surface area contributed by atoms with Crippen molar-refractivity contribution in [1.82, 2.24) is 0 Å². The molecule has 0 bridgehead atoms. The van der Waals surface area contributed by atoms with Crippen molar-refractivity contribution in [3.05, 3.63) is 30.3 Å². The van der Waals surface area contributed by atoms with Gasteiger partial charge in [0.25, 0.3) is 0 Å². The molecule has 3 nitrogen and oxygen atoms in total. The van der Waals surface area contributed by atoms with Crippen LogP contribution in [0.15, 0.2) is 30.3 Å². The maximum atomic E-state index is 5.96. The minimum Gasteiger partial charge on any atom is -0.379 e. The van der Waals surface area contributed by atoms with Gasteiger partial charge in [0.05, 0.1) is 12.1 Å². The van der Waals surface area contributed by atoms with Gasteiger partial charge in [-0.1, -0.05) is 18.2 Å². The molecular weight excluding hydrogens is 200 g/mol. The van der Waals surface area contributed by atoms with Gasteiger partial charge in [-0.15, -0.1) is 0 Å². The fourth-order valence-electron chi connectivity index (χ4n) is 2.48. The zero-order chi connectivity index (χ0) is 11.4. The van der Waals surface area contributed by atoms with E-state index in [1.54, 1.807) is 0 Å². The van der Waals surface area contributed by atoms with Crippen molar-refractivity contribution in [3.8, 4) is 0 Å². The molecule has 1 saturated heterocycles. The lowest BCUT2D eigenvalue weighted by Gasteiger charge is -2.40. The summed E-state index contributed by atoms with van der Waals surface area (Å²) in [5, 5.41) is 0. The molecule has 1 aliphatic heterocycles. The van der Waals surface area contributed by atoms with Crippen molar-refractivity contribution in [2.75, 3.05) is 31.2 Å². The van der Waals surface area contributed by atoms with Gasteiger partial charge < -0.3 is 15.4 Å². The lowest BCUT2D eigenvalue weighted by Crippen LogP contribution is -2.54. The van der Waals surface area contributed by atoms with Crippen LogP contribution in [0.3, 0.4) is 0 Å². The number of para-hydroxylation sites is 1. The van der Waals surface area contributed by atoms with E-state index in [0.717, 1.165) is 26.2 Å². The number of anilines is 1. The predicted octanol–water partition coefficient (Wildman–Crippen LogP) is 1.63. The first-order valence-electron chi connectivity index (χ1n) is 5.93. The van der Waals surface area contributed by atoms with Gasteiger partial charge in [-0.25, -0.2) is 0 Å². The molecule has 0 amide bonds. The van der Waals surface area contributed by atoms with Crippen LogP contribution in [0, 0.1) is 0 Å². The Morgan fingerprint density at radius 3 is 2.62 bits per heavy atom. The largest absolute Gasteiger partial charge is 0.379 e. The van der Waals surface area contributed by atoms with Crippen molar-refractivity contribution < 1.29 is 4.74 Å². The summed E-state index contributed by atoms with van der Waals surface area (Å²) in [5.41, 5.74) is 7.19. The number of ether oxygens (including phenoxy) is 1. The number of nitrogens with two attached hydrogens (primary N) is 1. The smallest absolute Gasteiger partial charge is 0.0778 e. The second-order valence-electron chi connectivity index (χ2n) is 4.31. The van der Waals surface area contributed by atoms with Crippen molar-refractivity contribution in [3.63, 3.8) is 0 Å². The highest BCUT2D eigenvalue weighted by atomic mass is 16.5. The van der Waals surface area contributed by atoms with Crippen LogP contribution in [0.2, 0.25) is 0 Å². The van der Waals surface area contributed by atoms with Gasteiger partial charge in [-0.3, -0.25) is 0 Å². The first kappa shape index (κ1) is 11.4. The number of hydrogen-bond donors (Lipinski definition) is 1. The van der Waals surface area contributed by atoms with Crippen LogP contribution in [0.1, 0.15) is 13.3 Å². The van der Waals surface area contributed by atoms with Gasteiger partial charge >= 0.3 is 0 Å². The summed E-state index contributed by atoms with van der Waals surface area (Å²) in [5.74, 6) is 0. The lowest BCUT2D eigenvalue weighted by molar-refractivity contribution is 0.177. The van der Waals surface area contributed by atoms with Crippen LogP contribution in [-0.4, -0.2) is 31.8 Å². The molecule has 1 aromatic rings. The molecule has 1 atom stereocenters. The van der Waals surface area contributed by atoms with E-state index in [4.69, 9.17) is 10.5 Å². The van der Waals surface area contributed by atoms with Crippen molar-refractivity contribution in [2.45, 2.75) is 18.9 Å². The average Bonchev–Trinajstić information content (AvgIpc) is 2.81. The van der Waals surface area contributed by atoms with Gasteiger partial charge in [0, 0.05) is 25.4 Å². The van der Waals surface area contributed by atoms with E-state index in [9.17, 15) is 0 Å². The summed E-state index contributed by atoms with van der Waals surface area (Å²) in [4.78, 5) is 2.38. The van der Waals surface area contributed by atoms with Gasteiger partial charge in [0.2, 0.25) is 0 Å². The molecule has 88 valence electrons. The normalized spacial score (nSPS) is 24.6. The molecule has 1 heterocycles. The maximum Gasteiger partial charge on any atom is 0.0778 e. The fourth-order valence-corrected chi connectivity index (χ4v) is 2.48. The highest BCUT2D eigenvalue weighted by molar-refractivity contribution is 5.49. The Labute approximate surface area is 97.2 Å². The number of rotatable bonds is 4. The van der Waals surface area contributed by atoms with E-state index in [0.29, 0.717) is 6.54 Å². The van der Waals surface area contributed by atoms with Crippen LogP contribution >= 0.6 is 0 Å². The number of hydrogen-bond acceptors (Lipinski definition) is 3. The lowest BCUT2D eigenvalue weighted by atomic mass is 9.95. The van der Waals surface area contributed by atoms with E-state index in [-0.39, 0.29) is 5.54 Å². The third-order valence-corrected chi connectivity index (χ3v) is 3.42. The van der Waals surface area contributed by atoms with Crippen molar-refractivity contribution in [2.24, 2.45) is 5.73 Å². The molecular formula is C13H20N2O. The zero-order valence-electron chi connectivity index (χ0n) is 9.86. The van der Waals surface area contributed by atoms with Crippen LogP contribution in [-0.2, 0) is 4.74 Å². The van der Waals surface area contributed by atoms with Crippen LogP contribution in [0.4, 0.5) is 5.69 Å². The van der Waals surface area contributed by atoms with Crippen LogP contribution in [0.5, 0.6) is 0 Å². The molecule has 1 fully saturated rings. The monoisotopic (exact) mass is 220 g/mol. The quantitative estimate of drug-likeness (QED) is 0.838. The van der Waals surface area contributed by atoms with Crippen LogP contribution in [0.25, 0.3) is 0 Å². The summed E-state index contributed by atoms with van der Waals surface area (Å²) in [7, 11) is 0. The molecule has 2 rings (SSSR count). The molecule has 3 heteroatoms. The Kier molecular flexibility index (Phi) is 3.46. The fraction of sp³-hybridized carbons (Fsp3) is 0.538. The molecule has 0 aromatic heterocycles. The van der Waals surface area contributed by atoms with E-state index >= 15 is 0 Å². The highest BCUT2D eigenvalue weighted by Crippen LogP contribution is 2.30. The second kappa shape index (κ2) is 4.85. The first-order chi connectivity index (χ1) is 7.82. The SMILES string of the molecule is CCN(c1ccccc1)C1(CN)CCOC1. The van der Waals surface area contributed by atoms with Gasteiger partial charge in [-0.2, -0.15) is 0 Å². The molecule has 0 spiro atoms. The number of nitrogens with zero attached hydrogens (tertiary/aromatic N) is 1. The highest BCUT2D eigenvalue weighted by Gasteiger charge is 2.38. The topological polar surface area (TPSA) is 38.5 Å². The molecule has 1 aromatic carbocycles. The van der Waals surface area contributed by atoms with Crippen molar-refractivity contribution in [1.29, 1.82) is 0 Å². The third kappa shape index (κ3) is 1.93. The summed E-state index contributed by atoms with van der Waals surface area (Å²) in [6.07, 6.45) is 1.02. The van der Waals surface area contributed by atoms with Gasteiger partial charge in [-0.05, 0) is 25.5 Å². The zero-order valence-corrected chi connectivity index (χ0v) is 9.86. The van der Waals surface area contributed by atoms with Gasteiger partial charge in [0.1, 0.15) is 0 Å². The Balaban J connectivity index is 2.28. The Hall–Kier alpha value is -1.06. The molecule has 1 aliphatic rings. The molecule has 1 unspecified atom stereocenters. The van der Waals surface area contributed by atoms with Gasteiger partial charge in [0.15, 0.2) is 0 Å². The molecule has 2 N–H and O–H groups in total. The Morgan fingerprint density at radius 1 is 1.38 bits per heavy atom. The Morgan fingerprint density at radius 2 is 2.12 bits per heavy atom. The summed E-state index contributed by atoms with van der Waals surface area (Å²) in [6, 6.07) is 10.5. The van der Waals surface area contributed by atoms with E-state index in [1.807, 2.05) is 6.07 Å². The first-order valence-corrected chi connectivity index (χ1v) is 5.93. The van der Waals surface area contributed by atoms with E-state index in [2.05, 4.69) is 36.1 Å². The summed E-state index contributed by atoms with van der Waals surface area (Å²) >= 11 is 0. The predicted molar refractivity (Wildman–Crippen MR) is 66.7 cm³/mol. The molecule has 16 heavy (non-hydrogen) atoms. The molecule has 0 radical (unpaired) electrons. The van der Waals surface area contributed by atoms with Crippen LogP contribution < -0.4 is 10.6 Å². The molecule has 0 aliphatic carbocycles. The number of likely N-dealkylation sites (N-methyl/N-ethyl adjacent to an activating group) is 1. The maximum absolute atomic E-state index is 5.96. The molecule has 0 saturated carbocycles. The Bertz CT molecular complexity index is 320. The van der Waals surface area contributed by atoms with E-state index in [1.165, 1.54) is 5.69 Å². The number of benzene rings is 1. The average molecular weight is 220 g/mol. The van der Waals surface area contributed by atoms with E-state index < -0.39 is 0 Å².